The highest BCUT2D eigenvalue weighted by Gasteiger charge is 1.79. The molecule has 0 aliphatic rings. The third-order valence-corrected chi connectivity index (χ3v) is 1.14. The van der Waals surface area contributed by atoms with E-state index in [1.54, 1.807) is 6.92 Å². The molecule has 0 saturated heterocycles. The molecule has 74 valence electrons. The molecule has 0 atom stereocenters. The first-order valence-corrected chi connectivity index (χ1v) is 4.33. The number of rotatable bonds is 5. The van der Waals surface area contributed by atoms with Crippen molar-refractivity contribution in [1.82, 2.24) is 0 Å². The number of hydrogen-bond donors (Lipinski definition) is 0. The largest absolute Gasteiger partial charge is 0.298 e. The Morgan fingerprint density at radius 2 is 2.08 bits per heavy atom. The summed E-state index contributed by atoms with van der Waals surface area (Å²) in [5.41, 5.74) is 0.574. The summed E-state index contributed by atoms with van der Waals surface area (Å²) in [4.78, 5) is 22.3. The molecule has 0 aliphatic heterocycles. The molecule has 0 rings (SSSR count). The quantitative estimate of drug-likeness (QED) is 0.216. The summed E-state index contributed by atoms with van der Waals surface area (Å²) in [6.07, 6.45) is 5.58. The van der Waals surface area contributed by atoms with Crippen molar-refractivity contribution in [3.8, 4) is 0 Å². The van der Waals surface area contributed by atoms with Gasteiger partial charge in [-0.3, -0.25) is 4.79 Å². The van der Waals surface area contributed by atoms with Gasteiger partial charge in [0.25, 0.3) is 0 Å². The van der Waals surface area contributed by atoms with Crippen molar-refractivity contribution < 1.29 is 9.59 Å². The minimum Gasteiger partial charge on any atom is -0.298 e. The molecular weight excluding hydrogens is 166 g/mol. The Hall–Kier alpha value is -1.21. The molecule has 0 aromatic carbocycles. The Balaban J connectivity index is 0. The standard InChI is InChI=1S/C6H11NO.C4H6O/c1-2-3-4-5-7-6-8;1-4(2)3-5/h2-5H2,1H3;3H,1H2,2H3. The van der Waals surface area contributed by atoms with E-state index >= 15 is 0 Å². The van der Waals surface area contributed by atoms with Crippen LogP contribution >= 0.6 is 0 Å². The minimum atomic E-state index is 0.574. The summed E-state index contributed by atoms with van der Waals surface area (Å²) < 4.78 is 0. The first kappa shape index (κ1) is 14.3. The van der Waals surface area contributed by atoms with Crippen LogP contribution in [0.3, 0.4) is 0 Å². The summed E-state index contributed by atoms with van der Waals surface area (Å²) in [7, 11) is 0. The van der Waals surface area contributed by atoms with Crippen molar-refractivity contribution in [2.24, 2.45) is 4.99 Å². The fourth-order valence-electron chi connectivity index (χ4n) is 0.487. The Bertz CT molecular complexity index is 181. The lowest BCUT2D eigenvalue weighted by atomic mass is 10.3. The smallest absolute Gasteiger partial charge is 0.234 e. The van der Waals surface area contributed by atoms with Gasteiger partial charge in [-0.25, -0.2) is 9.79 Å². The van der Waals surface area contributed by atoms with Gasteiger partial charge in [-0.2, -0.15) is 0 Å². The van der Waals surface area contributed by atoms with Gasteiger partial charge in [0.05, 0.1) is 6.54 Å². The maximum Gasteiger partial charge on any atom is 0.234 e. The van der Waals surface area contributed by atoms with E-state index in [0.717, 1.165) is 19.1 Å². The van der Waals surface area contributed by atoms with Crippen LogP contribution in [0.25, 0.3) is 0 Å². The molecule has 0 N–H and O–H groups in total. The first-order chi connectivity index (χ1) is 6.18. The molecule has 0 fully saturated rings. The van der Waals surface area contributed by atoms with Gasteiger partial charge in [-0.15, -0.1) is 0 Å². The Kier molecular flexibility index (Phi) is 14.7. The van der Waals surface area contributed by atoms with Crippen LogP contribution in [0.2, 0.25) is 0 Å². The number of isocyanates is 1. The van der Waals surface area contributed by atoms with E-state index in [1.165, 1.54) is 12.5 Å². The van der Waals surface area contributed by atoms with Crippen LogP contribution in [0.1, 0.15) is 33.1 Å². The van der Waals surface area contributed by atoms with Crippen molar-refractivity contribution in [3.63, 3.8) is 0 Å². The predicted molar refractivity (Wildman–Crippen MR) is 53.4 cm³/mol. The van der Waals surface area contributed by atoms with Crippen LogP contribution in [0.15, 0.2) is 17.1 Å². The molecule has 0 saturated carbocycles. The van der Waals surface area contributed by atoms with Crippen molar-refractivity contribution in [3.05, 3.63) is 12.2 Å². The van der Waals surface area contributed by atoms with Crippen molar-refractivity contribution in [2.45, 2.75) is 33.1 Å². The monoisotopic (exact) mass is 183 g/mol. The molecule has 0 radical (unpaired) electrons. The van der Waals surface area contributed by atoms with Gasteiger partial charge in [0, 0.05) is 0 Å². The average Bonchev–Trinajstić information content (AvgIpc) is 2.14. The second kappa shape index (κ2) is 13.4. The van der Waals surface area contributed by atoms with E-state index in [2.05, 4.69) is 18.5 Å². The number of allylic oxidation sites excluding steroid dienone is 1. The van der Waals surface area contributed by atoms with E-state index < -0.39 is 0 Å². The third kappa shape index (κ3) is 24.9. The second-order valence-electron chi connectivity index (χ2n) is 2.64. The lowest BCUT2D eigenvalue weighted by Crippen LogP contribution is -1.77. The molecule has 0 bridgehead atoms. The van der Waals surface area contributed by atoms with Gasteiger partial charge in [-0.1, -0.05) is 26.3 Å². The molecule has 0 spiro atoms. The first-order valence-electron chi connectivity index (χ1n) is 4.33. The maximum absolute atomic E-state index is 9.48. The van der Waals surface area contributed by atoms with Gasteiger partial charge < -0.3 is 0 Å². The highest BCUT2D eigenvalue weighted by atomic mass is 16.1. The molecule has 13 heavy (non-hydrogen) atoms. The fraction of sp³-hybridized carbons (Fsp3) is 0.600. The second-order valence-corrected chi connectivity index (χ2v) is 2.64. The highest BCUT2D eigenvalue weighted by molar-refractivity contribution is 5.70. The molecule has 0 amide bonds. The van der Waals surface area contributed by atoms with E-state index in [4.69, 9.17) is 0 Å². The van der Waals surface area contributed by atoms with Crippen LogP contribution in [-0.4, -0.2) is 18.9 Å². The van der Waals surface area contributed by atoms with E-state index in [9.17, 15) is 9.59 Å². The van der Waals surface area contributed by atoms with E-state index in [1.807, 2.05) is 0 Å². The zero-order chi connectivity index (χ0) is 10.5. The zero-order valence-corrected chi connectivity index (χ0v) is 8.38. The molecular formula is C10H17NO2. The lowest BCUT2D eigenvalue weighted by Gasteiger charge is -1.86. The summed E-state index contributed by atoms with van der Waals surface area (Å²) in [5, 5.41) is 0. The Morgan fingerprint density at radius 3 is 2.38 bits per heavy atom. The van der Waals surface area contributed by atoms with Gasteiger partial charge >= 0.3 is 0 Å². The molecule has 0 unspecified atom stereocenters. The van der Waals surface area contributed by atoms with Crippen molar-refractivity contribution >= 4 is 12.4 Å². The van der Waals surface area contributed by atoms with Gasteiger partial charge in [0.2, 0.25) is 6.08 Å². The van der Waals surface area contributed by atoms with Crippen molar-refractivity contribution in [2.75, 3.05) is 6.54 Å². The van der Waals surface area contributed by atoms with E-state index in [-0.39, 0.29) is 0 Å². The van der Waals surface area contributed by atoms with Gasteiger partial charge in [0.15, 0.2) is 0 Å². The van der Waals surface area contributed by atoms with Gasteiger partial charge in [-0.05, 0) is 18.9 Å². The predicted octanol–water partition coefficient (Wildman–Crippen LogP) is 2.27. The number of nitrogens with zero attached hydrogens (tertiary/aromatic N) is 1. The van der Waals surface area contributed by atoms with Crippen molar-refractivity contribution in [1.29, 1.82) is 0 Å². The van der Waals surface area contributed by atoms with Gasteiger partial charge in [0.1, 0.15) is 6.29 Å². The number of unbranched alkanes of at least 4 members (excludes halogenated alkanes) is 2. The molecule has 0 aliphatic carbocycles. The summed E-state index contributed by atoms with van der Waals surface area (Å²) in [6.45, 7) is 7.73. The van der Waals surface area contributed by atoms with Crippen LogP contribution in [0.4, 0.5) is 0 Å². The highest BCUT2D eigenvalue weighted by Crippen LogP contribution is 1.91. The maximum atomic E-state index is 9.48. The number of aldehydes is 1. The molecule has 0 aromatic heterocycles. The third-order valence-electron chi connectivity index (χ3n) is 1.14. The van der Waals surface area contributed by atoms with E-state index in [0.29, 0.717) is 12.1 Å². The topological polar surface area (TPSA) is 46.5 Å². The average molecular weight is 183 g/mol. The molecule has 3 nitrogen and oxygen atoms in total. The number of hydrogen-bond acceptors (Lipinski definition) is 3. The van der Waals surface area contributed by atoms with Crippen LogP contribution in [0.5, 0.6) is 0 Å². The van der Waals surface area contributed by atoms with Crippen LogP contribution in [-0.2, 0) is 9.59 Å². The molecule has 0 heterocycles. The summed E-state index contributed by atoms with van der Waals surface area (Å²) in [6, 6.07) is 0. The Morgan fingerprint density at radius 1 is 1.54 bits per heavy atom. The number of carbonyl (C=O) groups excluding carboxylic acids is 2. The number of aliphatic imine (C=N–C) groups is 1. The molecule has 0 aromatic rings. The SMILES string of the molecule is C=C(C)C=O.CCCCCN=C=O. The lowest BCUT2D eigenvalue weighted by molar-refractivity contribution is -0.104. The molecule has 3 heteroatoms. The van der Waals surface area contributed by atoms with Crippen LogP contribution in [0, 0.1) is 0 Å². The normalized spacial score (nSPS) is 7.54. The Labute approximate surface area is 79.6 Å². The minimum absolute atomic E-state index is 0.574. The van der Waals surface area contributed by atoms with Crippen LogP contribution < -0.4 is 0 Å². The summed E-state index contributed by atoms with van der Waals surface area (Å²) >= 11 is 0. The zero-order valence-electron chi connectivity index (χ0n) is 8.38. The number of carbonyl (C=O) groups is 1. The summed E-state index contributed by atoms with van der Waals surface area (Å²) in [5.74, 6) is 0. The fourth-order valence-corrected chi connectivity index (χ4v) is 0.487.